The van der Waals surface area contributed by atoms with Gasteiger partial charge in [-0.25, -0.2) is 4.79 Å². The highest BCUT2D eigenvalue weighted by Crippen LogP contribution is 2.19. The van der Waals surface area contributed by atoms with Crippen molar-refractivity contribution in [1.29, 1.82) is 0 Å². The summed E-state index contributed by atoms with van der Waals surface area (Å²) < 4.78 is 10.5. The molecule has 0 saturated heterocycles. The Labute approximate surface area is 123 Å². The second kappa shape index (κ2) is 6.79. The highest BCUT2D eigenvalue weighted by Gasteiger charge is 2.12. The number of carbonyl (C=O) groups is 1. The molecule has 0 aliphatic carbocycles. The van der Waals surface area contributed by atoms with Crippen molar-refractivity contribution in [3.05, 3.63) is 59.2 Å². The van der Waals surface area contributed by atoms with E-state index < -0.39 is 5.97 Å². The van der Waals surface area contributed by atoms with E-state index in [9.17, 15) is 9.90 Å². The van der Waals surface area contributed by atoms with Crippen LogP contribution >= 0.6 is 0 Å². The van der Waals surface area contributed by atoms with Gasteiger partial charge in [0.1, 0.15) is 30.3 Å². The molecule has 0 saturated carbocycles. The number of phenolic OH excluding ortho intramolecular Hbond substituents is 1. The summed E-state index contributed by atoms with van der Waals surface area (Å²) in [4.78, 5) is 11.8. The molecule has 0 amide bonds. The minimum absolute atomic E-state index is 0.0700. The van der Waals surface area contributed by atoms with E-state index in [-0.39, 0.29) is 24.5 Å². The Balaban J connectivity index is 1.80. The summed E-state index contributed by atoms with van der Waals surface area (Å²) in [5.74, 6) is 0.106. The van der Waals surface area contributed by atoms with E-state index in [1.807, 2.05) is 38.1 Å². The molecule has 2 rings (SSSR count). The molecule has 0 aromatic heterocycles. The maximum Gasteiger partial charge on any atom is 0.342 e. The lowest BCUT2D eigenvalue weighted by atomic mass is 10.1. The number of rotatable bonds is 5. The summed E-state index contributed by atoms with van der Waals surface area (Å²) >= 11 is 0. The number of hydrogen-bond acceptors (Lipinski definition) is 4. The van der Waals surface area contributed by atoms with Crippen LogP contribution in [0.3, 0.4) is 0 Å². The van der Waals surface area contributed by atoms with E-state index in [4.69, 9.17) is 9.47 Å². The van der Waals surface area contributed by atoms with Crippen molar-refractivity contribution in [2.24, 2.45) is 0 Å². The lowest BCUT2D eigenvalue weighted by molar-refractivity contribution is 0.0447. The summed E-state index contributed by atoms with van der Waals surface area (Å²) in [6.07, 6.45) is 0. The fourth-order valence-corrected chi connectivity index (χ4v) is 1.82. The number of aryl methyl sites for hydroxylation is 2. The van der Waals surface area contributed by atoms with Crippen LogP contribution in [0.5, 0.6) is 11.5 Å². The van der Waals surface area contributed by atoms with Crippen molar-refractivity contribution < 1.29 is 19.4 Å². The lowest BCUT2D eigenvalue weighted by Crippen LogP contribution is -2.12. The zero-order valence-corrected chi connectivity index (χ0v) is 12.1. The molecule has 110 valence electrons. The molecular formula is C17H18O4. The summed E-state index contributed by atoms with van der Waals surface area (Å²) in [6.45, 7) is 4.23. The van der Waals surface area contributed by atoms with Gasteiger partial charge in [-0.2, -0.15) is 0 Å². The fourth-order valence-electron chi connectivity index (χ4n) is 1.82. The zero-order chi connectivity index (χ0) is 15.2. The summed E-state index contributed by atoms with van der Waals surface area (Å²) in [5.41, 5.74) is 2.20. The van der Waals surface area contributed by atoms with Crippen LogP contribution < -0.4 is 4.74 Å². The molecule has 0 fully saturated rings. The van der Waals surface area contributed by atoms with Gasteiger partial charge < -0.3 is 14.6 Å². The van der Waals surface area contributed by atoms with E-state index in [0.717, 1.165) is 16.9 Å². The number of benzene rings is 2. The molecule has 4 heteroatoms. The van der Waals surface area contributed by atoms with Gasteiger partial charge >= 0.3 is 5.97 Å². The molecule has 21 heavy (non-hydrogen) atoms. The third-order valence-electron chi connectivity index (χ3n) is 2.98. The molecule has 0 spiro atoms. The average Bonchev–Trinajstić information content (AvgIpc) is 2.45. The Bertz CT molecular complexity index is 617. The molecule has 0 heterocycles. The minimum Gasteiger partial charge on any atom is -0.507 e. The molecule has 4 nitrogen and oxygen atoms in total. The van der Waals surface area contributed by atoms with Crippen LogP contribution in [0.15, 0.2) is 42.5 Å². The van der Waals surface area contributed by atoms with Gasteiger partial charge in [-0.1, -0.05) is 23.8 Å². The highest BCUT2D eigenvalue weighted by atomic mass is 16.6. The van der Waals surface area contributed by atoms with Crippen LogP contribution in [-0.2, 0) is 4.74 Å². The normalized spacial score (nSPS) is 10.2. The number of aromatic hydroxyl groups is 1. The van der Waals surface area contributed by atoms with E-state index in [0.29, 0.717) is 0 Å². The molecule has 2 aromatic carbocycles. The van der Waals surface area contributed by atoms with Crippen molar-refractivity contribution in [3.8, 4) is 11.5 Å². The SMILES string of the molecule is Cc1ccc(OCCOC(=O)c2ccc(C)cc2O)cc1. The monoisotopic (exact) mass is 286 g/mol. The van der Waals surface area contributed by atoms with Crippen molar-refractivity contribution in [2.75, 3.05) is 13.2 Å². The maximum absolute atomic E-state index is 11.8. The largest absolute Gasteiger partial charge is 0.507 e. The first-order chi connectivity index (χ1) is 10.1. The number of carbonyl (C=O) groups excluding carboxylic acids is 1. The first-order valence-corrected chi connectivity index (χ1v) is 6.72. The van der Waals surface area contributed by atoms with E-state index in [2.05, 4.69) is 0 Å². The predicted octanol–water partition coefficient (Wildman–Crippen LogP) is 3.24. The van der Waals surface area contributed by atoms with E-state index in [1.165, 1.54) is 6.07 Å². The van der Waals surface area contributed by atoms with Gasteiger partial charge in [0.15, 0.2) is 0 Å². The van der Waals surface area contributed by atoms with Gasteiger partial charge in [-0.15, -0.1) is 0 Å². The molecule has 0 bridgehead atoms. The Kier molecular flexibility index (Phi) is 4.82. The third kappa shape index (κ3) is 4.24. The first-order valence-electron chi connectivity index (χ1n) is 6.72. The van der Waals surface area contributed by atoms with Gasteiger partial charge in [-0.3, -0.25) is 0 Å². The van der Waals surface area contributed by atoms with Crippen LogP contribution in [-0.4, -0.2) is 24.3 Å². The number of phenols is 1. The Hall–Kier alpha value is -2.49. The molecule has 2 aromatic rings. The Morgan fingerprint density at radius 1 is 1.00 bits per heavy atom. The van der Waals surface area contributed by atoms with Crippen molar-refractivity contribution in [3.63, 3.8) is 0 Å². The quantitative estimate of drug-likeness (QED) is 0.677. The molecular weight excluding hydrogens is 268 g/mol. The van der Waals surface area contributed by atoms with Crippen molar-refractivity contribution in [1.82, 2.24) is 0 Å². The molecule has 0 aliphatic heterocycles. The Morgan fingerprint density at radius 2 is 1.67 bits per heavy atom. The molecule has 0 radical (unpaired) electrons. The highest BCUT2D eigenvalue weighted by molar-refractivity contribution is 5.92. The van der Waals surface area contributed by atoms with Crippen molar-refractivity contribution >= 4 is 5.97 Å². The van der Waals surface area contributed by atoms with Gasteiger partial charge in [0, 0.05) is 0 Å². The fraction of sp³-hybridized carbons (Fsp3) is 0.235. The second-order valence-corrected chi connectivity index (χ2v) is 4.82. The van der Waals surface area contributed by atoms with Gasteiger partial charge in [0.25, 0.3) is 0 Å². The predicted molar refractivity (Wildman–Crippen MR) is 79.8 cm³/mol. The van der Waals surface area contributed by atoms with E-state index >= 15 is 0 Å². The second-order valence-electron chi connectivity index (χ2n) is 4.82. The zero-order valence-electron chi connectivity index (χ0n) is 12.1. The summed E-state index contributed by atoms with van der Waals surface area (Å²) in [5, 5.41) is 9.69. The lowest BCUT2D eigenvalue weighted by Gasteiger charge is -2.08. The minimum atomic E-state index is -0.556. The van der Waals surface area contributed by atoms with Gasteiger partial charge in [-0.05, 0) is 43.7 Å². The molecule has 0 atom stereocenters. The maximum atomic E-state index is 11.8. The van der Waals surface area contributed by atoms with Crippen LogP contribution in [0.1, 0.15) is 21.5 Å². The molecule has 1 N–H and O–H groups in total. The van der Waals surface area contributed by atoms with Gasteiger partial charge in [0.05, 0.1) is 0 Å². The smallest absolute Gasteiger partial charge is 0.342 e. The molecule has 0 aliphatic rings. The van der Waals surface area contributed by atoms with Crippen LogP contribution in [0.2, 0.25) is 0 Å². The first kappa shape index (κ1) is 14.9. The van der Waals surface area contributed by atoms with Crippen LogP contribution in [0, 0.1) is 13.8 Å². The van der Waals surface area contributed by atoms with Crippen molar-refractivity contribution in [2.45, 2.75) is 13.8 Å². The van der Waals surface area contributed by atoms with E-state index in [1.54, 1.807) is 12.1 Å². The number of hydrogen-bond donors (Lipinski definition) is 1. The summed E-state index contributed by atoms with van der Waals surface area (Å²) in [6, 6.07) is 12.5. The standard InChI is InChI=1S/C17H18O4/c1-12-3-6-14(7-4-12)20-9-10-21-17(19)15-8-5-13(2)11-16(15)18/h3-8,11,18H,9-10H2,1-2H3. The number of esters is 1. The Morgan fingerprint density at radius 3 is 2.33 bits per heavy atom. The van der Waals surface area contributed by atoms with Crippen LogP contribution in [0.4, 0.5) is 0 Å². The number of ether oxygens (including phenoxy) is 2. The van der Waals surface area contributed by atoms with Crippen LogP contribution in [0.25, 0.3) is 0 Å². The topological polar surface area (TPSA) is 55.8 Å². The average molecular weight is 286 g/mol. The third-order valence-corrected chi connectivity index (χ3v) is 2.98. The van der Waals surface area contributed by atoms with Gasteiger partial charge in [0.2, 0.25) is 0 Å². The molecule has 0 unspecified atom stereocenters. The summed E-state index contributed by atoms with van der Waals surface area (Å²) in [7, 11) is 0.